The van der Waals surface area contributed by atoms with Crippen molar-refractivity contribution in [2.24, 2.45) is 0 Å². The molecule has 1 aliphatic heterocycles. The summed E-state index contributed by atoms with van der Waals surface area (Å²) in [6, 6.07) is 9.98. The summed E-state index contributed by atoms with van der Waals surface area (Å²) in [6.07, 6.45) is 4.25. The zero-order chi connectivity index (χ0) is 11.4. The molecule has 2 nitrogen and oxygen atoms in total. The fourth-order valence-corrected chi connectivity index (χ4v) is 2.03. The van der Waals surface area contributed by atoms with E-state index in [0.29, 0.717) is 0 Å². The molecule has 84 valence electrons. The molecule has 0 spiro atoms. The van der Waals surface area contributed by atoms with Crippen LogP contribution in [0, 0.1) is 0 Å². The maximum Gasteiger partial charge on any atom is 0.249 e. The number of hydrogen-bond donors (Lipinski definition) is 0. The summed E-state index contributed by atoms with van der Waals surface area (Å²) in [4.78, 5) is 13.9. The van der Waals surface area contributed by atoms with Crippen LogP contribution in [-0.4, -0.2) is 23.9 Å². The molecular formula is C14H17NO. The van der Waals surface area contributed by atoms with Gasteiger partial charge in [-0.15, -0.1) is 0 Å². The van der Waals surface area contributed by atoms with Crippen molar-refractivity contribution in [2.75, 3.05) is 13.1 Å². The molecule has 0 N–H and O–H groups in total. The summed E-state index contributed by atoms with van der Waals surface area (Å²) in [5.74, 6) is 0.182. The van der Waals surface area contributed by atoms with Crippen molar-refractivity contribution < 1.29 is 4.79 Å². The Hall–Kier alpha value is -1.57. The van der Waals surface area contributed by atoms with Gasteiger partial charge in [0.1, 0.15) is 0 Å². The Morgan fingerprint density at radius 1 is 1.19 bits per heavy atom. The first-order chi connectivity index (χ1) is 7.77. The minimum Gasteiger partial charge on any atom is -0.339 e. The van der Waals surface area contributed by atoms with Crippen LogP contribution < -0.4 is 0 Å². The van der Waals surface area contributed by atoms with Crippen LogP contribution in [0.5, 0.6) is 0 Å². The second kappa shape index (κ2) is 4.97. The molecule has 2 rings (SSSR count). The van der Waals surface area contributed by atoms with Gasteiger partial charge in [-0.2, -0.15) is 0 Å². The monoisotopic (exact) mass is 215 g/mol. The maximum atomic E-state index is 12.0. The van der Waals surface area contributed by atoms with Gasteiger partial charge in [-0.25, -0.2) is 0 Å². The summed E-state index contributed by atoms with van der Waals surface area (Å²) in [5.41, 5.74) is 1.92. The second-order valence-corrected chi connectivity index (χ2v) is 4.24. The van der Waals surface area contributed by atoms with Crippen LogP contribution in [0.2, 0.25) is 0 Å². The average Bonchev–Trinajstić information content (AvgIpc) is 2.83. The van der Waals surface area contributed by atoms with Gasteiger partial charge >= 0.3 is 0 Å². The molecule has 2 heteroatoms. The van der Waals surface area contributed by atoms with E-state index in [2.05, 4.69) is 0 Å². The maximum absolute atomic E-state index is 12.0. The minimum absolute atomic E-state index is 0.182. The first kappa shape index (κ1) is 10.9. The Labute approximate surface area is 96.6 Å². The molecule has 0 aromatic heterocycles. The minimum atomic E-state index is 0.182. The van der Waals surface area contributed by atoms with E-state index in [0.717, 1.165) is 37.1 Å². The highest BCUT2D eigenvalue weighted by atomic mass is 16.2. The molecule has 0 atom stereocenters. The summed E-state index contributed by atoms with van der Waals surface area (Å²) >= 11 is 0. The lowest BCUT2D eigenvalue weighted by Crippen LogP contribution is -2.28. The van der Waals surface area contributed by atoms with Crippen molar-refractivity contribution in [3.63, 3.8) is 0 Å². The number of amides is 1. The van der Waals surface area contributed by atoms with Gasteiger partial charge in [-0.05, 0) is 31.4 Å². The molecular weight excluding hydrogens is 198 g/mol. The molecule has 16 heavy (non-hydrogen) atoms. The second-order valence-electron chi connectivity index (χ2n) is 4.24. The van der Waals surface area contributed by atoms with E-state index in [1.165, 1.54) is 0 Å². The van der Waals surface area contributed by atoms with Crippen molar-refractivity contribution in [3.05, 3.63) is 41.5 Å². The van der Waals surface area contributed by atoms with Gasteiger partial charge in [-0.3, -0.25) is 4.79 Å². The van der Waals surface area contributed by atoms with Gasteiger partial charge in [0.2, 0.25) is 5.91 Å². The molecule has 1 aromatic carbocycles. The van der Waals surface area contributed by atoms with Crippen LogP contribution in [0.15, 0.2) is 35.9 Å². The van der Waals surface area contributed by atoms with Gasteiger partial charge in [0, 0.05) is 18.7 Å². The van der Waals surface area contributed by atoms with E-state index in [1.54, 1.807) is 0 Å². The van der Waals surface area contributed by atoms with Crippen LogP contribution in [0.4, 0.5) is 0 Å². The van der Waals surface area contributed by atoms with Gasteiger partial charge in [0.05, 0.1) is 0 Å². The Morgan fingerprint density at radius 2 is 1.81 bits per heavy atom. The fraction of sp³-hybridized carbons (Fsp3) is 0.357. The van der Waals surface area contributed by atoms with E-state index in [4.69, 9.17) is 0 Å². The predicted molar refractivity (Wildman–Crippen MR) is 65.9 cm³/mol. The van der Waals surface area contributed by atoms with E-state index in [9.17, 15) is 4.79 Å². The number of nitrogens with zero attached hydrogens (tertiary/aromatic N) is 1. The largest absolute Gasteiger partial charge is 0.339 e. The summed E-state index contributed by atoms with van der Waals surface area (Å²) in [7, 11) is 0. The van der Waals surface area contributed by atoms with Crippen LogP contribution >= 0.6 is 0 Å². The molecule has 0 unspecified atom stereocenters. The van der Waals surface area contributed by atoms with E-state index in [1.807, 2.05) is 48.2 Å². The third kappa shape index (κ3) is 2.51. The van der Waals surface area contributed by atoms with Crippen molar-refractivity contribution in [3.8, 4) is 0 Å². The van der Waals surface area contributed by atoms with Gasteiger partial charge in [0.25, 0.3) is 0 Å². The summed E-state index contributed by atoms with van der Waals surface area (Å²) in [5, 5.41) is 0. The SMILES string of the molecule is C/C(=C/c1ccccc1)C(=O)N1CCCC1. The number of benzene rings is 1. The molecule has 0 aliphatic carbocycles. The van der Waals surface area contributed by atoms with Gasteiger partial charge in [-0.1, -0.05) is 30.3 Å². The van der Waals surface area contributed by atoms with Crippen LogP contribution in [0.3, 0.4) is 0 Å². The molecule has 1 aromatic rings. The lowest BCUT2D eigenvalue weighted by molar-refractivity contribution is -0.125. The lowest BCUT2D eigenvalue weighted by atomic mass is 10.1. The Morgan fingerprint density at radius 3 is 2.44 bits per heavy atom. The number of carbonyl (C=O) groups excluding carboxylic acids is 1. The molecule has 1 saturated heterocycles. The quantitative estimate of drug-likeness (QED) is 0.695. The smallest absolute Gasteiger partial charge is 0.249 e. The van der Waals surface area contributed by atoms with Crippen LogP contribution in [0.1, 0.15) is 25.3 Å². The zero-order valence-electron chi connectivity index (χ0n) is 9.65. The fourth-order valence-electron chi connectivity index (χ4n) is 2.03. The highest BCUT2D eigenvalue weighted by molar-refractivity contribution is 5.97. The van der Waals surface area contributed by atoms with Gasteiger partial charge in [0.15, 0.2) is 0 Å². The Bertz CT molecular complexity index is 388. The highest BCUT2D eigenvalue weighted by Gasteiger charge is 2.18. The van der Waals surface area contributed by atoms with Crippen molar-refractivity contribution in [2.45, 2.75) is 19.8 Å². The first-order valence-electron chi connectivity index (χ1n) is 5.80. The molecule has 1 amide bonds. The van der Waals surface area contributed by atoms with E-state index < -0.39 is 0 Å². The Kier molecular flexibility index (Phi) is 3.40. The van der Waals surface area contributed by atoms with Crippen molar-refractivity contribution >= 4 is 12.0 Å². The molecule has 0 saturated carbocycles. The van der Waals surface area contributed by atoms with E-state index in [-0.39, 0.29) is 5.91 Å². The lowest BCUT2D eigenvalue weighted by Gasteiger charge is -2.15. The van der Waals surface area contributed by atoms with E-state index >= 15 is 0 Å². The normalized spacial score (nSPS) is 16.6. The standard InChI is InChI=1S/C14H17NO/c1-12(11-13-7-3-2-4-8-13)14(16)15-9-5-6-10-15/h2-4,7-8,11H,5-6,9-10H2,1H3/b12-11-. The summed E-state index contributed by atoms with van der Waals surface area (Å²) < 4.78 is 0. The average molecular weight is 215 g/mol. The Balaban J connectivity index is 2.09. The number of rotatable bonds is 2. The van der Waals surface area contributed by atoms with Crippen molar-refractivity contribution in [1.29, 1.82) is 0 Å². The third-order valence-corrected chi connectivity index (χ3v) is 2.91. The van der Waals surface area contributed by atoms with Crippen LogP contribution in [-0.2, 0) is 4.79 Å². The summed E-state index contributed by atoms with van der Waals surface area (Å²) in [6.45, 7) is 3.73. The molecule has 1 heterocycles. The molecule has 0 radical (unpaired) electrons. The molecule has 1 aliphatic rings. The highest BCUT2D eigenvalue weighted by Crippen LogP contribution is 2.13. The number of carbonyl (C=O) groups is 1. The molecule has 1 fully saturated rings. The zero-order valence-corrected chi connectivity index (χ0v) is 9.65. The number of likely N-dealkylation sites (tertiary alicyclic amines) is 1. The van der Waals surface area contributed by atoms with Crippen molar-refractivity contribution in [1.82, 2.24) is 4.90 Å². The predicted octanol–water partition coefficient (Wildman–Crippen LogP) is 2.71. The molecule has 0 bridgehead atoms. The number of hydrogen-bond acceptors (Lipinski definition) is 1. The third-order valence-electron chi connectivity index (χ3n) is 2.91. The first-order valence-corrected chi connectivity index (χ1v) is 5.80. The van der Waals surface area contributed by atoms with Crippen LogP contribution in [0.25, 0.3) is 6.08 Å². The van der Waals surface area contributed by atoms with Gasteiger partial charge < -0.3 is 4.90 Å². The topological polar surface area (TPSA) is 20.3 Å².